The number of hydrogen-bond donors (Lipinski definition) is 3. The Balaban J connectivity index is 4.27. The molecule has 8 heteroatoms. The van der Waals surface area contributed by atoms with Crippen LogP contribution in [0.15, 0.2) is 0 Å². The van der Waals surface area contributed by atoms with Crippen molar-refractivity contribution in [2.75, 3.05) is 32.1 Å². The fourth-order valence-corrected chi connectivity index (χ4v) is 1.83. The zero-order valence-corrected chi connectivity index (χ0v) is 13.0. The Morgan fingerprint density at radius 2 is 2.00 bits per heavy atom. The Morgan fingerprint density at radius 1 is 1.35 bits per heavy atom. The summed E-state index contributed by atoms with van der Waals surface area (Å²) in [6, 6.07) is -1.50. The van der Waals surface area contributed by atoms with Gasteiger partial charge in [0.05, 0.1) is 0 Å². The summed E-state index contributed by atoms with van der Waals surface area (Å²) in [7, 11) is 1.45. The molecule has 0 saturated heterocycles. The van der Waals surface area contributed by atoms with Crippen molar-refractivity contribution in [3.8, 4) is 0 Å². The number of amides is 3. The number of nitrogens with one attached hydrogen (secondary N) is 2. The Morgan fingerprint density at radius 3 is 2.50 bits per heavy atom. The number of thioether (sulfide) groups is 1. The minimum Gasteiger partial charge on any atom is -0.480 e. The molecule has 20 heavy (non-hydrogen) atoms. The molecular formula is C12H23N3O4S. The first-order valence-electron chi connectivity index (χ1n) is 6.42. The fraction of sp³-hybridized carbons (Fsp3) is 0.750. The molecule has 0 unspecified atom stereocenters. The number of urea groups is 1. The molecule has 7 nitrogen and oxygen atoms in total. The summed E-state index contributed by atoms with van der Waals surface area (Å²) in [6.07, 6.45) is 3.03. The Hall–Kier alpha value is -1.44. The number of rotatable bonds is 9. The van der Waals surface area contributed by atoms with Crippen molar-refractivity contribution in [1.29, 1.82) is 0 Å². The van der Waals surface area contributed by atoms with Gasteiger partial charge in [0.1, 0.15) is 12.6 Å². The second kappa shape index (κ2) is 10.4. The van der Waals surface area contributed by atoms with E-state index in [4.69, 9.17) is 5.11 Å². The first kappa shape index (κ1) is 18.6. The number of carbonyl (C=O) groups is 3. The molecule has 1 atom stereocenters. The fourth-order valence-electron chi connectivity index (χ4n) is 1.36. The third-order valence-corrected chi connectivity index (χ3v) is 3.15. The van der Waals surface area contributed by atoms with E-state index < -0.39 is 18.0 Å². The van der Waals surface area contributed by atoms with Crippen LogP contribution in [-0.2, 0) is 9.59 Å². The van der Waals surface area contributed by atoms with Gasteiger partial charge in [0, 0.05) is 13.6 Å². The highest BCUT2D eigenvalue weighted by Gasteiger charge is 2.22. The molecule has 0 aromatic carbocycles. The minimum absolute atomic E-state index is 0.0965. The predicted molar refractivity (Wildman–Crippen MR) is 78.9 cm³/mol. The molecule has 0 rings (SSSR count). The van der Waals surface area contributed by atoms with Crippen molar-refractivity contribution in [2.24, 2.45) is 0 Å². The van der Waals surface area contributed by atoms with Crippen molar-refractivity contribution in [3.05, 3.63) is 0 Å². The monoisotopic (exact) mass is 305 g/mol. The van der Waals surface area contributed by atoms with E-state index in [0.717, 1.165) is 6.42 Å². The molecule has 0 bridgehead atoms. The van der Waals surface area contributed by atoms with E-state index in [-0.39, 0.29) is 12.5 Å². The Labute approximate surface area is 123 Å². The van der Waals surface area contributed by atoms with Crippen LogP contribution in [0.2, 0.25) is 0 Å². The van der Waals surface area contributed by atoms with Crippen LogP contribution in [0.5, 0.6) is 0 Å². The van der Waals surface area contributed by atoms with Crippen LogP contribution in [0.3, 0.4) is 0 Å². The van der Waals surface area contributed by atoms with Crippen molar-refractivity contribution < 1.29 is 19.5 Å². The number of hydrogen-bond acceptors (Lipinski definition) is 4. The van der Waals surface area contributed by atoms with Crippen LogP contribution in [0, 0.1) is 0 Å². The molecule has 0 spiro atoms. The predicted octanol–water partition coefficient (Wildman–Crippen LogP) is 0.360. The molecular weight excluding hydrogens is 282 g/mol. The molecule has 0 radical (unpaired) electrons. The molecule has 0 fully saturated rings. The molecule has 0 aromatic heterocycles. The molecule has 0 heterocycles. The summed E-state index contributed by atoms with van der Waals surface area (Å²) >= 11 is 1.51. The third kappa shape index (κ3) is 7.88. The van der Waals surface area contributed by atoms with Gasteiger partial charge in [-0.05, 0) is 24.9 Å². The van der Waals surface area contributed by atoms with Gasteiger partial charge in [-0.2, -0.15) is 11.8 Å². The molecule has 0 saturated carbocycles. The van der Waals surface area contributed by atoms with Gasteiger partial charge < -0.3 is 20.6 Å². The zero-order chi connectivity index (χ0) is 15.5. The maximum atomic E-state index is 11.8. The molecule has 0 aromatic rings. The van der Waals surface area contributed by atoms with E-state index >= 15 is 0 Å². The van der Waals surface area contributed by atoms with E-state index in [1.54, 1.807) is 0 Å². The van der Waals surface area contributed by atoms with Gasteiger partial charge >= 0.3 is 12.0 Å². The minimum atomic E-state index is -1.07. The largest absolute Gasteiger partial charge is 0.480 e. The van der Waals surface area contributed by atoms with Crippen molar-refractivity contribution in [2.45, 2.75) is 25.8 Å². The quantitative estimate of drug-likeness (QED) is 0.571. The number of carboxylic acids is 1. The van der Waals surface area contributed by atoms with Gasteiger partial charge in [0.15, 0.2) is 0 Å². The molecule has 0 aliphatic carbocycles. The summed E-state index contributed by atoms with van der Waals surface area (Å²) in [5, 5.41) is 14.1. The van der Waals surface area contributed by atoms with Crippen molar-refractivity contribution in [3.63, 3.8) is 0 Å². The van der Waals surface area contributed by atoms with Crippen LogP contribution >= 0.6 is 11.8 Å². The van der Waals surface area contributed by atoms with Gasteiger partial charge in [-0.15, -0.1) is 0 Å². The smallest absolute Gasteiger partial charge is 0.326 e. The third-order valence-electron chi connectivity index (χ3n) is 2.51. The van der Waals surface area contributed by atoms with E-state index in [9.17, 15) is 14.4 Å². The highest BCUT2D eigenvalue weighted by atomic mass is 32.2. The average molecular weight is 305 g/mol. The molecule has 3 N–H and O–H groups in total. The number of likely N-dealkylation sites (N-methyl/N-ethyl adjacent to an activating group) is 1. The lowest BCUT2D eigenvalue weighted by atomic mass is 10.2. The topological polar surface area (TPSA) is 98.7 Å². The lowest BCUT2D eigenvalue weighted by Crippen LogP contribution is -2.49. The number of carboxylic acid groups (broad SMARTS) is 1. The van der Waals surface area contributed by atoms with Crippen LogP contribution in [0.1, 0.15) is 19.8 Å². The summed E-state index contributed by atoms with van der Waals surface area (Å²) < 4.78 is 0. The number of carbonyl (C=O) groups excluding carboxylic acids is 2. The lowest BCUT2D eigenvalue weighted by molar-refractivity contribution is -0.139. The van der Waals surface area contributed by atoms with Crippen LogP contribution in [-0.4, -0.2) is 66.1 Å². The zero-order valence-electron chi connectivity index (χ0n) is 12.1. The van der Waals surface area contributed by atoms with Crippen LogP contribution in [0.25, 0.3) is 0 Å². The highest BCUT2D eigenvalue weighted by molar-refractivity contribution is 7.98. The first-order valence-corrected chi connectivity index (χ1v) is 7.81. The Kier molecular flexibility index (Phi) is 9.61. The second-order valence-electron chi connectivity index (χ2n) is 4.33. The van der Waals surface area contributed by atoms with Gasteiger partial charge in [-0.3, -0.25) is 4.79 Å². The maximum Gasteiger partial charge on any atom is 0.326 e. The first-order chi connectivity index (χ1) is 9.42. The van der Waals surface area contributed by atoms with Crippen LogP contribution in [0.4, 0.5) is 4.79 Å². The van der Waals surface area contributed by atoms with E-state index in [0.29, 0.717) is 18.7 Å². The Bertz CT molecular complexity index is 339. The van der Waals surface area contributed by atoms with Gasteiger partial charge in [-0.1, -0.05) is 6.92 Å². The van der Waals surface area contributed by atoms with Gasteiger partial charge in [0.2, 0.25) is 5.91 Å². The highest BCUT2D eigenvalue weighted by Crippen LogP contribution is 2.01. The van der Waals surface area contributed by atoms with Crippen LogP contribution < -0.4 is 10.6 Å². The lowest BCUT2D eigenvalue weighted by Gasteiger charge is -2.20. The van der Waals surface area contributed by atoms with Crippen molar-refractivity contribution in [1.82, 2.24) is 15.5 Å². The molecule has 0 aliphatic rings. The average Bonchev–Trinajstić information content (AvgIpc) is 2.40. The number of nitrogens with zero attached hydrogens (tertiary/aromatic N) is 1. The van der Waals surface area contributed by atoms with E-state index in [1.165, 1.54) is 23.7 Å². The summed E-state index contributed by atoms with van der Waals surface area (Å²) in [4.78, 5) is 35.4. The van der Waals surface area contributed by atoms with E-state index in [1.807, 2.05) is 13.2 Å². The van der Waals surface area contributed by atoms with Crippen molar-refractivity contribution >= 4 is 29.7 Å². The maximum absolute atomic E-state index is 11.8. The SMILES string of the molecule is CCCNC(=O)CN(C)C(=O)N[C@H](CCSC)C(=O)O. The summed E-state index contributed by atoms with van der Waals surface area (Å²) in [5.74, 6) is -0.700. The second-order valence-corrected chi connectivity index (χ2v) is 5.31. The summed E-state index contributed by atoms with van der Waals surface area (Å²) in [6.45, 7) is 2.39. The molecule has 116 valence electrons. The standard InChI is InChI=1S/C12H23N3O4S/c1-4-6-13-10(16)8-15(2)12(19)14-9(11(17)18)5-7-20-3/h9H,4-8H2,1-3H3,(H,13,16)(H,14,19)(H,17,18)/t9-/m1/s1. The van der Waals surface area contributed by atoms with E-state index in [2.05, 4.69) is 10.6 Å². The normalized spacial score (nSPS) is 11.6. The molecule has 3 amide bonds. The van der Waals surface area contributed by atoms with Gasteiger partial charge in [0.25, 0.3) is 0 Å². The number of aliphatic carboxylic acids is 1. The summed E-state index contributed by atoms with van der Waals surface area (Å²) in [5.41, 5.74) is 0. The van der Waals surface area contributed by atoms with Gasteiger partial charge in [-0.25, -0.2) is 9.59 Å². The molecule has 0 aliphatic heterocycles.